The number of carbonyl (C=O) groups excluding carboxylic acids is 1. The normalized spacial score (nSPS) is 12.0. The van der Waals surface area contributed by atoms with Crippen LogP contribution in [0, 0.1) is 0 Å². The molecule has 5 heteroatoms. The highest BCUT2D eigenvalue weighted by atomic mass is 19.4. The summed E-state index contributed by atoms with van der Waals surface area (Å²) in [6, 6.07) is 5.45. The van der Waals surface area contributed by atoms with E-state index in [-0.39, 0.29) is 5.56 Å². The number of rotatable bonds is 4. The van der Waals surface area contributed by atoms with Gasteiger partial charge in [0.1, 0.15) is 0 Å². The van der Waals surface area contributed by atoms with Gasteiger partial charge in [-0.2, -0.15) is 13.2 Å². The van der Waals surface area contributed by atoms with Crippen molar-refractivity contribution in [3.63, 3.8) is 0 Å². The number of carbonyl (C=O) groups is 1. The van der Waals surface area contributed by atoms with E-state index in [4.69, 9.17) is 0 Å². The second-order valence-corrected chi connectivity index (χ2v) is 3.41. The Morgan fingerprint density at radius 1 is 1.41 bits per heavy atom. The van der Waals surface area contributed by atoms with Crippen LogP contribution in [0.2, 0.25) is 0 Å². The largest absolute Gasteiger partial charge is 0.454 e. The average molecular weight is 243 g/mol. The van der Waals surface area contributed by atoms with Gasteiger partial charge in [0.2, 0.25) is 0 Å². The number of Topliss-reactive ketones (excluding diaryl/α,β-unsaturated/α-hetero) is 1. The number of hydrogen-bond acceptors (Lipinski definition) is 2. The minimum Gasteiger partial charge on any atom is -0.316 e. The molecule has 1 N–H and O–H groups in total. The first kappa shape index (κ1) is 13.4. The van der Waals surface area contributed by atoms with E-state index < -0.39 is 12.0 Å². The van der Waals surface area contributed by atoms with Crippen LogP contribution in [0.5, 0.6) is 0 Å². The highest BCUT2D eigenvalue weighted by Crippen LogP contribution is 2.22. The van der Waals surface area contributed by atoms with Gasteiger partial charge in [0.15, 0.2) is 0 Å². The van der Waals surface area contributed by atoms with Gasteiger partial charge in [0, 0.05) is 12.1 Å². The molecular weight excluding hydrogens is 231 g/mol. The van der Waals surface area contributed by atoms with Gasteiger partial charge in [-0.05, 0) is 18.7 Å². The first-order chi connectivity index (χ1) is 7.95. The minimum absolute atomic E-state index is 0.343. The molecule has 0 aliphatic carbocycles. The van der Waals surface area contributed by atoms with Crippen molar-refractivity contribution in [1.82, 2.24) is 5.32 Å². The highest BCUT2D eigenvalue weighted by Gasteiger charge is 2.39. The van der Waals surface area contributed by atoms with Gasteiger partial charge in [-0.1, -0.05) is 30.4 Å². The lowest BCUT2D eigenvalue weighted by molar-refractivity contribution is -0.0885. The first-order valence-electron chi connectivity index (χ1n) is 4.98. The van der Waals surface area contributed by atoms with Crippen molar-refractivity contribution >= 4 is 11.9 Å². The molecule has 0 bridgehead atoms. The summed E-state index contributed by atoms with van der Waals surface area (Å²) in [7, 11) is 1.76. The van der Waals surface area contributed by atoms with E-state index in [1.807, 2.05) is 0 Å². The Bertz CT molecular complexity index is 424. The smallest absolute Gasteiger partial charge is 0.316 e. The Hall–Kier alpha value is -1.62. The standard InChI is InChI=1S/C12H12F3NO/c1-16-7-3-5-9-4-2-6-10(8-9)11(17)12(13,14)15/h2-6,8,16H,7H2,1H3. The maximum Gasteiger partial charge on any atom is 0.454 e. The fraction of sp³-hybridized carbons (Fsp3) is 0.250. The average Bonchev–Trinajstić information content (AvgIpc) is 2.28. The van der Waals surface area contributed by atoms with Crippen molar-refractivity contribution in [1.29, 1.82) is 0 Å². The number of alkyl halides is 3. The first-order valence-corrected chi connectivity index (χ1v) is 4.98. The molecule has 0 aromatic heterocycles. The molecule has 0 aliphatic heterocycles. The summed E-state index contributed by atoms with van der Waals surface area (Å²) in [6.45, 7) is 0.609. The van der Waals surface area contributed by atoms with E-state index in [9.17, 15) is 18.0 Å². The third-order valence-electron chi connectivity index (χ3n) is 2.04. The Balaban J connectivity index is 2.90. The molecule has 0 aliphatic rings. The molecule has 0 spiro atoms. The lowest BCUT2D eigenvalue weighted by Crippen LogP contribution is -2.22. The second kappa shape index (κ2) is 5.63. The summed E-state index contributed by atoms with van der Waals surface area (Å²) >= 11 is 0. The molecule has 92 valence electrons. The van der Waals surface area contributed by atoms with Gasteiger partial charge < -0.3 is 5.32 Å². The van der Waals surface area contributed by atoms with Gasteiger partial charge >= 0.3 is 6.18 Å². The van der Waals surface area contributed by atoms with E-state index in [1.54, 1.807) is 25.3 Å². The maximum atomic E-state index is 12.2. The zero-order valence-corrected chi connectivity index (χ0v) is 9.21. The second-order valence-electron chi connectivity index (χ2n) is 3.41. The Kier molecular flexibility index (Phi) is 4.45. The Morgan fingerprint density at radius 2 is 2.12 bits per heavy atom. The molecular formula is C12H12F3NO. The summed E-state index contributed by atoms with van der Waals surface area (Å²) in [6.07, 6.45) is -1.41. The molecule has 1 aromatic rings. The predicted octanol–water partition coefficient (Wildman–Crippen LogP) is 2.66. The van der Waals surface area contributed by atoms with Crippen LogP contribution in [0.25, 0.3) is 6.08 Å². The van der Waals surface area contributed by atoms with Crippen molar-refractivity contribution in [2.45, 2.75) is 6.18 Å². The molecule has 0 saturated carbocycles. The van der Waals surface area contributed by atoms with E-state index in [0.717, 1.165) is 6.07 Å². The molecule has 2 nitrogen and oxygen atoms in total. The number of hydrogen-bond donors (Lipinski definition) is 1. The molecule has 17 heavy (non-hydrogen) atoms. The molecule has 0 unspecified atom stereocenters. The zero-order chi connectivity index (χ0) is 12.9. The molecule has 1 rings (SSSR count). The number of nitrogens with one attached hydrogen (secondary N) is 1. The molecule has 0 amide bonds. The van der Waals surface area contributed by atoms with Crippen molar-refractivity contribution in [3.8, 4) is 0 Å². The SMILES string of the molecule is CNCC=Cc1cccc(C(=O)C(F)(F)F)c1. The van der Waals surface area contributed by atoms with Crippen molar-refractivity contribution in [2.75, 3.05) is 13.6 Å². The van der Waals surface area contributed by atoms with Crippen molar-refractivity contribution in [2.24, 2.45) is 0 Å². The molecule has 0 saturated heterocycles. The van der Waals surface area contributed by atoms with Crippen LogP contribution in [-0.2, 0) is 0 Å². The van der Waals surface area contributed by atoms with Crippen LogP contribution >= 0.6 is 0 Å². The monoisotopic (exact) mass is 243 g/mol. The van der Waals surface area contributed by atoms with E-state index in [1.165, 1.54) is 12.1 Å². The number of likely N-dealkylation sites (N-methyl/N-ethyl adjacent to an activating group) is 1. The van der Waals surface area contributed by atoms with Crippen LogP contribution in [0.15, 0.2) is 30.3 Å². The van der Waals surface area contributed by atoms with Crippen LogP contribution in [0.4, 0.5) is 13.2 Å². The number of benzene rings is 1. The van der Waals surface area contributed by atoms with Crippen molar-refractivity contribution in [3.05, 3.63) is 41.5 Å². The molecule has 0 fully saturated rings. The highest BCUT2D eigenvalue weighted by molar-refractivity contribution is 6.00. The number of ketones is 1. The quantitative estimate of drug-likeness (QED) is 0.824. The zero-order valence-electron chi connectivity index (χ0n) is 9.21. The van der Waals surface area contributed by atoms with Crippen LogP contribution < -0.4 is 5.32 Å². The summed E-state index contributed by atoms with van der Waals surface area (Å²) < 4.78 is 36.6. The van der Waals surface area contributed by atoms with Crippen molar-refractivity contribution < 1.29 is 18.0 Å². The van der Waals surface area contributed by atoms with Gasteiger partial charge in [0.05, 0.1) is 0 Å². The lowest BCUT2D eigenvalue weighted by Gasteiger charge is -2.05. The van der Waals surface area contributed by atoms with Gasteiger partial charge in [-0.3, -0.25) is 4.79 Å². The summed E-state index contributed by atoms with van der Waals surface area (Å²) in [4.78, 5) is 11.0. The molecule has 0 atom stereocenters. The van der Waals surface area contributed by atoms with Crippen LogP contribution in [0.3, 0.4) is 0 Å². The van der Waals surface area contributed by atoms with E-state index in [0.29, 0.717) is 12.1 Å². The number of halogens is 3. The minimum atomic E-state index is -4.83. The third kappa shape index (κ3) is 4.03. The Labute approximate surface area is 97.1 Å². The summed E-state index contributed by atoms with van der Waals surface area (Å²) in [5.41, 5.74) is 0.222. The van der Waals surface area contributed by atoms with E-state index in [2.05, 4.69) is 5.32 Å². The summed E-state index contributed by atoms with van der Waals surface area (Å²) in [5.74, 6) is -1.82. The van der Waals surface area contributed by atoms with Crippen LogP contribution in [-0.4, -0.2) is 25.6 Å². The maximum absolute atomic E-state index is 12.2. The fourth-order valence-electron chi connectivity index (χ4n) is 1.26. The summed E-state index contributed by atoms with van der Waals surface area (Å²) in [5, 5.41) is 2.87. The Morgan fingerprint density at radius 3 is 2.71 bits per heavy atom. The predicted molar refractivity (Wildman–Crippen MR) is 59.8 cm³/mol. The van der Waals surface area contributed by atoms with Gasteiger partial charge in [-0.25, -0.2) is 0 Å². The van der Waals surface area contributed by atoms with Gasteiger partial charge in [-0.15, -0.1) is 0 Å². The molecule has 0 heterocycles. The van der Waals surface area contributed by atoms with E-state index >= 15 is 0 Å². The fourth-order valence-corrected chi connectivity index (χ4v) is 1.26. The third-order valence-corrected chi connectivity index (χ3v) is 2.04. The lowest BCUT2D eigenvalue weighted by atomic mass is 10.1. The van der Waals surface area contributed by atoms with Crippen LogP contribution in [0.1, 0.15) is 15.9 Å². The molecule has 1 aromatic carbocycles. The molecule has 0 radical (unpaired) electrons. The topological polar surface area (TPSA) is 29.1 Å². The van der Waals surface area contributed by atoms with Gasteiger partial charge in [0.25, 0.3) is 5.78 Å².